The van der Waals surface area contributed by atoms with E-state index < -0.39 is 6.61 Å². The van der Waals surface area contributed by atoms with Crippen LogP contribution in [0.3, 0.4) is 0 Å². The molecule has 0 unspecified atom stereocenters. The molecule has 6 N–H and O–H groups in total. The largest absolute Gasteiger partial charge is 0.435 e. The summed E-state index contributed by atoms with van der Waals surface area (Å²) in [4.78, 5) is 24.4. The van der Waals surface area contributed by atoms with Crippen molar-refractivity contribution in [3.63, 3.8) is 0 Å². The van der Waals surface area contributed by atoms with Crippen LogP contribution in [0.1, 0.15) is 62.9 Å². The van der Waals surface area contributed by atoms with Gasteiger partial charge in [-0.25, -0.2) is 0 Å². The molecule has 1 heterocycles. The fourth-order valence-electron chi connectivity index (χ4n) is 3.72. The number of anilines is 1. The Hall–Kier alpha value is -4.06. The molecule has 1 aromatic heterocycles. The monoisotopic (exact) mass is 588 g/mol. The molecular formula is C29H38F2N6O3S. The number of hydrogen-bond donors (Lipinski definition) is 4. The molecular weight excluding hydrogens is 550 g/mol. The number of carbonyl (C=O) groups is 2. The Balaban J connectivity index is 0.00000287. The normalized spacial score (nSPS) is 13.2. The number of carbonyl (C=O) groups excluding carboxylic acids is 2. The number of amides is 2. The molecule has 12 heteroatoms. The minimum Gasteiger partial charge on any atom is -0.435 e. The number of aromatic nitrogens is 2. The molecule has 1 aliphatic rings. The van der Waals surface area contributed by atoms with Gasteiger partial charge in [0.25, 0.3) is 0 Å². The summed E-state index contributed by atoms with van der Waals surface area (Å²) in [6.07, 6.45) is 14.3. The molecule has 0 saturated heterocycles. The second-order valence-corrected chi connectivity index (χ2v) is 9.90. The summed E-state index contributed by atoms with van der Waals surface area (Å²) in [5.41, 5.74) is 14.2. The Morgan fingerprint density at radius 1 is 1.12 bits per heavy atom. The molecule has 222 valence electrons. The molecule has 1 aromatic carbocycles. The van der Waals surface area contributed by atoms with Crippen LogP contribution in [0, 0.1) is 0 Å². The van der Waals surface area contributed by atoms with Crippen molar-refractivity contribution in [3.8, 4) is 5.75 Å². The van der Waals surface area contributed by atoms with E-state index in [4.69, 9.17) is 11.5 Å². The zero-order valence-electron chi connectivity index (χ0n) is 23.4. The minimum atomic E-state index is -2.93. The number of allylic oxidation sites excluding steroid dienone is 6. The van der Waals surface area contributed by atoms with Crippen LogP contribution >= 0.6 is 11.3 Å². The van der Waals surface area contributed by atoms with Crippen LogP contribution < -0.4 is 26.8 Å². The summed E-state index contributed by atoms with van der Waals surface area (Å²) in [6.45, 7) is 1.07. The number of benzene rings is 1. The fraction of sp³-hybridized carbons (Fsp3) is 0.379. The Labute approximate surface area is 243 Å². The smallest absolute Gasteiger partial charge is 0.387 e. The first-order valence-corrected chi connectivity index (χ1v) is 14.3. The molecule has 2 amide bonds. The van der Waals surface area contributed by atoms with E-state index in [0.717, 1.165) is 36.3 Å². The molecule has 9 nitrogen and oxygen atoms in total. The van der Waals surface area contributed by atoms with Gasteiger partial charge in [0.1, 0.15) is 16.6 Å². The predicted molar refractivity (Wildman–Crippen MR) is 158 cm³/mol. The number of nitrogens with zero attached hydrogens (tertiary/aromatic N) is 2. The maximum atomic E-state index is 12.4. The molecule has 0 saturated carbocycles. The minimum absolute atomic E-state index is 0.00351. The number of rotatable bonds is 14. The number of hydrogen-bond acceptors (Lipinski definition) is 8. The first-order valence-electron chi connectivity index (χ1n) is 13.5. The van der Waals surface area contributed by atoms with E-state index in [0.29, 0.717) is 35.7 Å². The van der Waals surface area contributed by atoms with Crippen LogP contribution in [0.15, 0.2) is 71.7 Å². The van der Waals surface area contributed by atoms with Crippen molar-refractivity contribution in [2.75, 3.05) is 5.32 Å². The van der Waals surface area contributed by atoms with Crippen molar-refractivity contribution >= 4 is 28.3 Å². The molecule has 41 heavy (non-hydrogen) atoms. The number of nitrogens with two attached hydrogens (primary N) is 2. The number of ether oxygens (including phenoxy) is 1. The molecule has 0 bridgehead atoms. The van der Waals surface area contributed by atoms with Gasteiger partial charge in [0.05, 0.1) is 6.42 Å². The van der Waals surface area contributed by atoms with Crippen molar-refractivity contribution < 1.29 is 23.1 Å². The maximum absolute atomic E-state index is 12.4. The number of nitrogens with one attached hydrogen (secondary N) is 2. The van der Waals surface area contributed by atoms with Gasteiger partial charge < -0.3 is 26.8 Å². The molecule has 3 rings (SSSR count). The number of alkyl halides is 2. The van der Waals surface area contributed by atoms with Gasteiger partial charge in [-0.2, -0.15) is 8.78 Å². The zero-order valence-corrected chi connectivity index (χ0v) is 24.2. The second kappa shape index (κ2) is 18.3. The Morgan fingerprint density at radius 3 is 2.66 bits per heavy atom. The van der Waals surface area contributed by atoms with Crippen LogP contribution in [0.4, 0.5) is 13.9 Å². The van der Waals surface area contributed by atoms with E-state index in [1.54, 1.807) is 24.3 Å². The van der Waals surface area contributed by atoms with Gasteiger partial charge in [-0.1, -0.05) is 61.1 Å². The molecule has 0 aliphatic heterocycles. The molecule has 1 aliphatic carbocycles. The van der Waals surface area contributed by atoms with E-state index in [1.807, 2.05) is 26.0 Å². The third-order valence-electron chi connectivity index (χ3n) is 5.56. The van der Waals surface area contributed by atoms with Crippen molar-refractivity contribution in [1.82, 2.24) is 15.5 Å². The first kappa shape index (κ1) is 33.1. The molecule has 0 spiro atoms. The predicted octanol–water partition coefficient (Wildman–Crippen LogP) is 5.49. The van der Waals surface area contributed by atoms with Gasteiger partial charge in [-0.05, 0) is 62.0 Å². The first-order chi connectivity index (χ1) is 19.8. The molecule has 0 fully saturated rings. The van der Waals surface area contributed by atoms with Gasteiger partial charge >= 0.3 is 6.61 Å². The van der Waals surface area contributed by atoms with Crippen molar-refractivity contribution in [2.45, 2.75) is 71.8 Å². The van der Waals surface area contributed by atoms with E-state index in [9.17, 15) is 18.4 Å². The number of unbranched alkanes of at least 4 members (excludes halogenated alkanes) is 1. The van der Waals surface area contributed by atoms with E-state index in [2.05, 4.69) is 31.6 Å². The van der Waals surface area contributed by atoms with Crippen LogP contribution in [0.5, 0.6) is 5.75 Å². The second-order valence-electron chi connectivity index (χ2n) is 8.84. The summed E-state index contributed by atoms with van der Waals surface area (Å²) in [5, 5.41) is 14.6. The van der Waals surface area contributed by atoms with E-state index >= 15 is 0 Å². The lowest BCUT2D eigenvalue weighted by atomic mass is 10.0. The highest BCUT2D eigenvalue weighted by atomic mass is 32.1. The lowest BCUT2D eigenvalue weighted by Crippen LogP contribution is -2.27. The summed E-state index contributed by atoms with van der Waals surface area (Å²) < 4.78 is 29.1. The Morgan fingerprint density at radius 2 is 1.93 bits per heavy atom. The SMILES string of the molecule is CC.N/C(=C\C=C(/N)NC(=O)CC1=CC=CCC1)CCCCc1nnc(NC(=O)Cc2cccc(OC(F)F)c2)s1. The van der Waals surface area contributed by atoms with Crippen molar-refractivity contribution in [3.05, 3.63) is 82.3 Å². The van der Waals surface area contributed by atoms with Crippen molar-refractivity contribution in [1.29, 1.82) is 0 Å². The third kappa shape index (κ3) is 13.7. The highest BCUT2D eigenvalue weighted by Crippen LogP contribution is 2.20. The average molecular weight is 589 g/mol. The highest BCUT2D eigenvalue weighted by Gasteiger charge is 2.11. The Bertz CT molecular complexity index is 1260. The fourth-order valence-corrected chi connectivity index (χ4v) is 4.52. The lowest BCUT2D eigenvalue weighted by molar-refractivity contribution is -0.119. The number of aryl methyl sites for hydroxylation is 1. The van der Waals surface area contributed by atoms with E-state index in [-0.39, 0.29) is 29.8 Å². The van der Waals surface area contributed by atoms with Gasteiger partial charge in [-0.15, -0.1) is 10.2 Å². The third-order valence-corrected chi connectivity index (χ3v) is 6.45. The van der Waals surface area contributed by atoms with Crippen LogP contribution in [0.2, 0.25) is 0 Å². The lowest BCUT2D eigenvalue weighted by Gasteiger charge is -2.09. The standard InChI is InChI=1S/C27H32F2N6O3S.C2H6/c28-26(29)38-21-11-6-9-19(15-21)17-24(37)33-27-35-34-25(39-27)12-5-4-10-20(30)13-14-22(31)32-23(36)16-18-7-2-1-3-8-18;1-2/h1-2,6-7,9,11,13-15,26H,3-5,8,10,12,16-17,30-31H2,(H,32,36)(H,33,35,37);1-2H3/b20-13-,22-14+;. The van der Waals surface area contributed by atoms with Gasteiger partial charge in [0.2, 0.25) is 16.9 Å². The van der Waals surface area contributed by atoms with E-state index in [1.165, 1.54) is 23.5 Å². The average Bonchev–Trinajstić information content (AvgIpc) is 3.38. The molecule has 0 radical (unpaired) electrons. The topological polar surface area (TPSA) is 145 Å². The van der Waals surface area contributed by atoms with Crippen LogP contribution in [0.25, 0.3) is 0 Å². The molecule has 2 aromatic rings. The van der Waals surface area contributed by atoms with Crippen LogP contribution in [-0.2, 0) is 22.4 Å². The van der Waals surface area contributed by atoms with Gasteiger partial charge in [-0.3, -0.25) is 9.59 Å². The van der Waals surface area contributed by atoms with Crippen molar-refractivity contribution in [2.24, 2.45) is 11.5 Å². The zero-order chi connectivity index (χ0) is 30.0. The summed E-state index contributed by atoms with van der Waals surface area (Å²) >= 11 is 1.28. The summed E-state index contributed by atoms with van der Waals surface area (Å²) in [5.74, 6) is -0.251. The summed E-state index contributed by atoms with van der Waals surface area (Å²) in [7, 11) is 0. The Kier molecular flexibility index (Phi) is 14.8. The molecule has 0 atom stereocenters. The highest BCUT2D eigenvalue weighted by molar-refractivity contribution is 7.15. The van der Waals surface area contributed by atoms with Crippen LogP contribution in [-0.4, -0.2) is 28.6 Å². The maximum Gasteiger partial charge on any atom is 0.387 e. The van der Waals surface area contributed by atoms with Gasteiger partial charge in [0, 0.05) is 18.5 Å². The number of halogens is 2. The summed E-state index contributed by atoms with van der Waals surface area (Å²) in [6, 6.07) is 5.99. The quantitative estimate of drug-likeness (QED) is 0.169. The van der Waals surface area contributed by atoms with Gasteiger partial charge in [0.15, 0.2) is 0 Å².